The summed E-state index contributed by atoms with van der Waals surface area (Å²) < 4.78 is 17.7. The number of hydrogen-bond donors (Lipinski definition) is 1. The molecule has 2 aromatic rings. The van der Waals surface area contributed by atoms with Crippen molar-refractivity contribution in [1.29, 1.82) is 0 Å². The molecule has 1 heterocycles. The van der Waals surface area contributed by atoms with Gasteiger partial charge in [0.15, 0.2) is 5.79 Å². The van der Waals surface area contributed by atoms with Crippen molar-refractivity contribution in [2.45, 2.75) is 117 Å². The Bertz CT molecular complexity index is 1110. The van der Waals surface area contributed by atoms with Crippen LogP contribution in [0.5, 0.6) is 5.75 Å². The summed E-state index contributed by atoms with van der Waals surface area (Å²) in [5.41, 5.74) is 6.68. The second kappa shape index (κ2) is 12.4. The second-order valence-corrected chi connectivity index (χ2v) is 11.4. The first-order valence-electron chi connectivity index (χ1n) is 14.6. The number of aryl methyl sites for hydroxylation is 2. The van der Waals surface area contributed by atoms with Gasteiger partial charge in [-0.15, -0.1) is 0 Å². The van der Waals surface area contributed by atoms with Crippen LogP contribution in [0.3, 0.4) is 0 Å². The van der Waals surface area contributed by atoms with E-state index in [0.717, 1.165) is 43.4 Å². The van der Waals surface area contributed by atoms with Crippen molar-refractivity contribution < 1.29 is 19.3 Å². The van der Waals surface area contributed by atoms with Gasteiger partial charge in [-0.05, 0) is 105 Å². The lowest BCUT2D eigenvalue weighted by Gasteiger charge is -2.34. The summed E-state index contributed by atoms with van der Waals surface area (Å²) in [5.74, 6) is 0.357. The van der Waals surface area contributed by atoms with Crippen LogP contribution in [-0.2, 0) is 14.9 Å². The molecule has 0 aliphatic carbocycles. The van der Waals surface area contributed by atoms with Gasteiger partial charge in [0.2, 0.25) is 0 Å². The fourth-order valence-electron chi connectivity index (χ4n) is 5.84. The highest BCUT2D eigenvalue weighted by Crippen LogP contribution is 2.42. The first-order chi connectivity index (χ1) is 18.0. The Morgan fingerprint density at radius 2 is 1.55 bits per heavy atom. The monoisotopic (exact) mass is 522 g/mol. The summed E-state index contributed by atoms with van der Waals surface area (Å²) in [5, 5.41) is 11.0. The molecule has 38 heavy (non-hydrogen) atoms. The van der Waals surface area contributed by atoms with Gasteiger partial charge in [0.1, 0.15) is 18.5 Å². The zero-order chi connectivity index (χ0) is 28.1. The lowest BCUT2D eigenvalue weighted by molar-refractivity contribution is -0.141. The normalized spacial score (nSPS) is 18.2. The van der Waals surface area contributed by atoms with Crippen LogP contribution in [0.4, 0.5) is 0 Å². The largest absolute Gasteiger partial charge is 0.491 e. The van der Waals surface area contributed by atoms with Gasteiger partial charge in [0.25, 0.3) is 0 Å². The maximum Gasteiger partial charge on any atom is 0.163 e. The number of hydrogen-bond acceptors (Lipinski definition) is 4. The Labute approximate surface area is 231 Å². The molecule has 1 aliphatic heterocycles. The van der Waals surface area contributed by atoms with Gasteiger partial charge in [-0.1, -0.05) is 65.0 Å². The van der Waals surface area contributed by atoms with Crippen molar-refractivity contribution in [1.82, 2.24) is 0 Å². The summed E-state index contributed by atoms with van der Waals surface area (Å²) >= 11 is 0. The van der Waals surface area contributed by atoms with Crippen LogP contribution >= 0.6 is 0 Å². The van der Waals surface area contributed by atoms with Gasteiger partial charge < -0.3 is 19.3 Å². The second-order valence-electron chi connectivity index (χ2n) is 11.4. The molecular weight excluding hydrogens is 472 g/mol. The molecule has 210 valence electrons. The Morgan fingerprint density at radius 1 is 0.947 bits per heavy atom. The van der Waals surface area contributed by atoms with Crippen molar-refractivity contribution >= 4 is 5.57 Å². The van der Waals surface area contributed by atoms with Gasteiger partial charge in [0.05, 0.1) is 12.2 Å². The highest BCUT2D eigenvalue weighted by Gasteiger charge is 2.34. The molecule has 0 aromatic heterocycles. The summed E-state index contributed by atoms with van der Waals surface area (Å²) in [7, 11) is 0. The molecule has 1 aliphatic rings. The van der Waals surface area contributed by atoms with Crippen LogP contribution in [0.2, 0.25) is 0 Å². The highest BCUT2D eigenvalue weighted by atomic mass is 16.7. The molecule has 0 bridgehead atoms. The molecule has 0 radical (unpaired) electrons. The smallest absolute Gasteiger partial charge is 0.163 e. The van der Waals surface area contributed by atoms with Crippen LogP contribution < -0.4 is 4.74 Å². The number of aliphatic hydroxyl groups is 1. The van der Waals surface area contributed by atoms with Crippen molar-refractivity contribution in [3.8, 4) is 5.75 Å². The van der Waals surface area contributed by atoms with E-state index in [1.807, 2.05) is 13.8 Å². The van der Waals surface area contributed by atoms with Crippen LogP contribution in [0, 0.1) is 13.8 Å². The van der Waals surface area contributed by atoms with E-state index in [1.165, 1.54) is 27.8 Å². The van der Waals surface area contributed by atoms with E-state index >= 15 is 0 Å². The first-order valence-corrected chi connectivity index (χ1v) is 14.6. The summed E-state index contributed by atoms with van der Waals surface area (Å²) in [4.78, 5) is 0. The minimum absolute atomic E-state index is 0.0522. The molecule has 3 rings (SSSR count). The molecule has 2 aromatic carbocycles. The molecule has 0 saturated carbocycles. The number of allylic oxidation sites excluding steroid dienone is 1. The number of benzene rings is 2. The summed E-state index contributed by atoms with van der Waals surface area (Å²) in [6.07, 6.45) is 6.38. The van der Waals surface area contributed by atoms with Crippen molar-refractivity contribution in [3.05, 3.63) is 70.3 Å². The maximum absolute atomic E-state index is 11.0. The molecule has 1 atom stereocenters. The van der Waals surface area contributed by atoms with Crippen LogP contribution in [-0.4, -0.2) is 35.8 Å². The van der Waals surface area contributed by atoms with E-state index in [9.17, 15) is 5.11 Å². The van der Waals surface area contributed by atoms with Gasteiger partial charge in [0, 0.05) is 5.41 Å². The molecule has 1 saturated heterocycles. The third-order valence-electron chi connectivity index (χ3n) is 8.60. The average molecular weight is 523 g/mol. The van der Waals surface area contributed by atoms with Crippen LogP contribution in [0.1, 0.15) is 108 Å². The van der Waals surface area contributed by atoms with E-state index in [0.29, 0.717) is 13.2 Å². The summed E-state index contributed by atoms with van der Waals surface area (Å²) in [6.45, 7) is 20.1. The fourth-order valence-corrected chi connectivity index (χ4v) is 5.84. The van der Waals surface area contributed by atoms with Crippen molar-refractivity contribution in [2.24, 2.45) is 0 Å². The molecule has 0 amide bonds. The highest BCUT2D eigenvalue weighted by molar-refractivity contribution is 5.69. The Kier molecular flexibility index (Phi) is 9.89. The molecule has 1 N–H and O–H groups in total. The first kappa shape index (κ1) is 30.4. The van der Waals surface area contributed by atoms with Crippen molar-refractivity contribution in [2.75, 3.05) is 13.2 Å². The lowest BCUT2D eigenvalue weighted by Crippen LogP contribution is -2.27. The Morgan fingerprint density at radius 3 is 2.03 bits per heavy atom. The summed E-state index contributed by atoms with van der Waals surface area (Å²) in [6, 6.07) is 13.6. The molecule has 4 heteroatoms. The zero-order valence-electron chi connectivity index (χ0n) is 25.2. The van der Waals surface area contributed by atoms with E-state index in [1.54, 1.807) is 0 Å². The number of ether oxygens (including phenoxy) is 3. The topological polar surface area (TPSA) is 47.9 Å². The van der Waals surface area contributed by atoms with E-state index in [2.05, 4.69) is 90.9 Å². The van der Waals surface area contributed by atoms with Gasteiger partial charge >= 0.3 is 0 Å². The Balaban J connectivity index is 1.90. The molecule has 4 nitrogen and oxygen atoms in total. The van der Waals surface area contributed by atoms with Crippen LogP contribution in [0.25, 0.3) is 5.57 Å². The fraction of sp³-hybridized carbons (Fsp3) is 0.588. The zero-order valence-corrected chi connectivity index (χ0v) is 25.2. The van der Waals surface area contributed by atoms with E-state index in [4.69, 9.17) is 14.2 Å². The minimum Gasteiger partial charge on any atom is -0.491 e. The number of rotatable bonds is 12. The predicted octanol–water partition coefficient (Wildman–Crippen LogP) is 8.28. The SMILES string of the molecule is CC/C(=C\C(O)(CC)CC)c1ccc(C(CC)(CC)c2ccc(OC[C@@H]3COC(C)(C)O3)c(C)c2)cc1C. The quantitative estimate of drug-likeness (QED) is 0.305. The minimum atomic E-state index is -0.749. The third kappa shape index (κ3) is 6.52. The van der Waals surface area contributed by atoms with Gasteiger partial charge in [-0.3, -0.25) is 0 Å². The molecule has 0 unspecified atom stereocenters. The van der Waals surface area contributed by atoms with Crippen molar-refractivity contribution in [3.63, 3.8) is 0 Å². The lowest BCUT2D eigenvalue weighted by atomic mass is 9.69. The Hall–Kier alpha value is -2.14. The van der Waals surface area contributed by atoms with Crippen LogP contribution in [0.15, 0.2) is 42.5 Å². The van der Waals surface area contributed by atoms with E-state index < -0.39 is 11.4 Å². The molecular formula is C34H50O4. The van der Waals surface area contributed by atoms with E-state index in [-0.39, 0.29) is 11.5 Å². The standard InChI is InChI=1S/C34H50O4/c1-10-26(21-33(35,11-2)12-3)30-17-15-27(19-24(30)6)34(13-4,14-5)28-16-18-31(25(7)20-28)36-22-29-23-37-32(8,9)38-29/h15-21,29,35H,10-14,22-23H2,1-9H3/b26-21+/t29-/m1/s1. The molecule has 0 spiro atoms. The maximum atomic E-state index is 11.0. The predicted molar refractivity (Wildman–Crippen MR) is 158 cm³/mol. The average Bonchev–Trinajstić information content (AvgIpc) is 3.26. The van der Waals surface area contributed by atoms with Gasteiger partial charge in [-0.2, -0.15) is 0 Å². The third-order valence-corrected chi connectivity index (χ3v) is 8.60. The molecule has 1 fully saturated rings. The van der Waals surface area contributed by atoms with Gasteiger partial charge in [-0.25, -0.2) is 0 Å².